The highest BCUT2D eigenvalue weighted by atomic mass is 32.1. The molecule has 0 aliphatic rings. The van der Waals surface area contributed by atoms with Crippen LogP contribution in [0.1, 0.15) is 30.7 Å². The summed E-state index contributed by atoms with van der Waals surface area (Å²) in [5.41, 5.74) is 0.390. The average molecular weight is 410 g/mol. The molecule has 2 aromatic heterocycles. The third-order valence-corrected chi connectivity index (χ3v) is 4.88. The second-order valence-electron chi connectivity index (χ2n) is 5.69. The lowest BCUT2D eigenvalue weighted by Crippen LogP contribution is -2.23. The van der Waals surface area contributed by atoms with E-state index in [1.807, 2.05) is 0 Å². The molecule has 146 valence electrons. The Morgan fingerprint density at radius 3 is 2.54 bits per heavy atom. The summed E-state index contributed by atoms with van der Waals surface area (Å²) in [7, 11) is 1.43. The van der Waals surface area contributed by atoms with E-state index >= 15 is 0 Å². The number of nitrogens with zero attached hydrogens (tertiary/aromatic N) is 3. The highest BCUT2D eigenvalue weighted by Crippen LogP contribution is 2.37. The van der Waals surface area contributed by atoms with Gasteiger partial charge in [-0.15, -0.1) is 11.3 Å². The number of hydrogen-bond acceptors (Lipinski definition) is 5. The zero-order valence-corrected chi connectivity index (χ0v) is 15.1. The van der Waals surface area contributed by atoms with Gasteiger partial charge in [0, 0.05) is 24.7 Å². The van der Waals surface area contributed by atoms with Crippen molar-refractivity contribution in [3.05, 3.63) is 57.7 Å². The van der Waals surface area contributed by atoms with Crippen LogP contribution in [0.25, 0.3) is 11.3 Å². The van der Waals surface area contributed by atoms with Crippen LogP contribution in [-0.4, -0.2) is 31.7 Å². The average Bonchev–Trinajstić information content (AvgIpc) is 3.24. The van der Waals surface area contributed by atoms with Crippen molar-refractivity contribution in [3.63, 3.8) is 0 Å². The number of carboxylic acids is 1. The lowest BCUT2D eigenvalue weighted by molar-refractivity contribution is -0.137. The Hall–Kier alpha value is -3.21. The van der Waals surface area contributed by atoms with Gasteiger partial charge < -0.3 is 10.4 Å². The van der Waals surface area contributed by atoms with Gasteiger partial charge in [0.25, 0.3) is 5.91 Å². The fraction of sp³-hybridized carbons (Fsp3) is 0.176. The molecule has 1 aromatic carbocycles. The molecule has 1 amide bonds. The fourth-order valence-electron chi connectivity index (χ4n) is 2.53. The smallest absolute Gasteiger partial charge is 0.443 e. The van der Waals surface area contributed by atoms with E-state index in [0.717, 1.165) is 4.68 Å². The number of halogens is 3. The molecule has 0 aliphatic carbocycles. The first-order valence-electron chi connectivity index (χ1n) is 7.84. The van der Waals surface area contributed by atoms with Crippen LogP contribution in [0.15, 0.2) is 36.5 Å². The number of thiazole rings is 1. The van der Waals surface area contributed by atoms with E-state index in [9.17, 15) is 27.9 Å². The van der Waals surface area contributed by atoms with E-state index in [4.69, 9.17) is 0 Å². The molecule has 0 aliphatic heterocycles. The minimum absolute atomic E-state index is 0.0833. The summed E-state index contributed by atoms with van der Waals surface area (Å²) in [6.45, 7) is -0.207. The van der Waals surface area contributed by atoms with E-state index in [0.29, 0.717) is 5.56 Å². The monoisotopic (exact) mass is 410 g/mol. The first-order chi connectivity index (χ1) is 13.2. The van der Waals surface area contributed by atoms with Crippen molar-refractivity contribution in [1.29, 1.82) is 0 Å². The topological polar surface area (TPSA) is 97.1 Å². The molecule has 7 nitrogen and oxygen atoms in total. The van der Waals surface area contributed by atoms with Crippen molar-refractivity contribution in [1.82, 2.24) is 20.1 Å². The number of aryl methyl sites for hydroxylation is 1. The van der Waals surface area contributed by atoms with Gasteiger partial charge in [-0.3, -0.25) is 9.48 Å². The molecular weight excluding hydrogens is 397 g/mol. The number of rotatable bonds is 5. The molecule has 2 heterocycles. The normalized spacial score (nSPS) is 11.4. The van der Waals surface area contributed by atoms with Crippen molar-refractivity contribution >= 4 is 23.2 Å². The van der Waals surface area contributed by atoms with Gasteiger partial charge in [0.05, 0.1) is 11.9 Å². The number of carbonyl (C=O) groups is 2. The van der Waals surface area contributed by atoms with E-state index in [1.165, 1.54) is 13.2 Å². The van der Waals surface area contributed by atoms with Gasteiger partial charge in [-0.1, -0.05) is 30.3 Å². The first kappa shape index (κ1) is 19.5. The molecule has 11 heteroatoms. The molecule has 2 N–H and O–H groups in total. The van der Waals surface area contributed by atoms with Gasteiger partial charge >= 0.3 is 12.1 Å². The van der Waals surface area contributed by atoms with Crippen LogP contribution in [0.3, 0.4) is 0 Å². The van der Waals surface area contributed by atoms with Crippen LogP contribution in [0.5, 0.6) is 0 Å². The first-order valence-corrected chi connectivity index (χ1v) is 8.66. The van der Waals surface area contributed by atoms with Gasteiger partial charge in [0.1, 0.15) is 4.88 Å². The number of carboxylic acid groups (broad SMARTS) is 1. The summed E-state index contributed by atoms with van der Waals surface area (Å²) in [4.78, 5) is 27.2. The standard InChI is InChI=1S/C17H13F3N4O3S/c1-24-12(15(26)27)10(8-22-24)7-21-14(25)13-11(9-5-3-2-4-6-9)23-16(28-13)17(18,19)20/h2-6,8H,7H2,1H3,(H,21,25)(H,26,27). The zero-order valence-electron chi connectivity index (χ0n) is 14.3. The van der Waals surface area contributed by atoms with Gasteiger partial charge in [0.2, 0.25) is 0 Å². The maximum Gasteiger partial charge on any atom is 0.443 e. The number of aromatic nitrogens is 3. The lowest BCUT2D eigenvalue weighted by atomic mass is 10.1. The Labute approximate surface area is 160 Å². The van der Waals surface area contributed by atoms with Gasteiger partial charge in [-0.2, -0.15) is 18.3 Å². The lowest BCUT2D eigenvalue weighted by Gasteiger charge is -2.05. The van der Waals surface area contributed by atoms with Crippen molar-refractivity contribution in [3.8, 4) is 11.3 Å². The van der Waals surface area contributed by atoms with E-state index < -0.39 is 23.1 Å². The van der Waals surface area contributed by atoms with Crippen LogP contribution in [0.4, 0.5) is 13.2 Å². The molecule has 3 rings (SSSR count). The molecule has 0 fully saturated rings. The molecule has 28 heavy (non-hydrogen) atoms. The number of amides is 1. The Balaban J connectivity index is 1.91. The van der Waals surface area contributed by atoms with Crippen LogP contribution < -0.4 is 5.32 Å². The zero-order chi connectivity index (χ0) is 20.5. The summed E-state index contributed by atoms with van der Waals surface area (Å²) in [5, 5.41) is 14.3. The van der Waals surface area contributed by atoms with Crippen molar-refractivity contribution in [2.75, 3.05) is 0 Å². The summed E-state index contributed by atoms with van der Waals surface area (Å²) >= 11 is 0.235. The molecule has 0 saturated carbocycles. The molecule has 0 bridgehead atoms. The summed E-state index contributed by atoms with van der Waals surface area (Å²) in [6.07, 6.45) is -3.41. The summed E-state index contributed by atoms with van der Waals surface area (Å²) in [6, 6.07) is 8.04. The highest BCUT2D eigenvalue weighted by Gasteiger charge is 2.37. The third-order valence-electron chi connectivity index (χ3n) is 3.78. The van der Waals surface area contributed by atoms with Crippen molar-refractivity contribution in [2.24, 2.45) is 7.05 Å². The molecule has 0 saturated heterocycles. The Morgan fingerprint density at radius 2 is 1.93 bits per heavy atom. The van der Waals surface area contributed by atoms with Crippen LogP contribution in [0.2, 0.25) is 0 Å². The predicted octanol–water partition coefficient (Wildman–Crippen LogP) is 3.19. The van der Waals surface area contributed by atoms with Gasteiger partial charge in [-0.05, 0) is 0 Å². The predicted molar refractivity (Wildman–Crippen MR) is 93.9 cm³/mol. The third kappa shape index (κ3) is 3.88. The number of aromatic carboxylic acids is 1. The quantitative estimate of drug-likeness (QED) is 0.673. The number of carbonyl (C=O) groups excluding carboxylic acids is 1. The minimum atomic E-state index is -4.69. The maximum absolute atomic E-state index is 13.1. The molecule has 0 radical (unpaired) electrons. The maximum atomic E-state index is 13.1. The van der Waals surface area contributed by atoms with Gasteiger partial charge in [0.15, 0.2) is 10.7 Å². The number of alkyl halides is 3. The Bertz CT molecular complexity index is 1030. The molecule has 0 unspecified atom stereocenters. The van der Waals surface area contributed by atoms with Crippen LogP contribution in [0, 0.1) is 0 Å². The molecule has 3 aromatic rings. The number of nitrogens with one attached hydrogen (secondary N) is 1. The summed E-state index contributed by atoms with van der Waals surface area (Å²) in [5.74, 6) is -2.02. The highest BCUT2D eigenvalue weighted by molar-refractivity contribution is 7.14. The molecule has 0 spiro atoms. The van der Waals surface area contributed by atoms with E-state index in [2.05, 4.69) is 15.4 Å². The second kappa shape index (κ2) is 7.43. The largest absolute Gasteiger partial charge is 0.477 e. The van der Waals surface area contributed by atoms with Gasteiger partial charge in [-0.25, -0.2) is 9.78 Å². The Kier molecular flexibility index (Phi) is 5.18. The van der Waals surface area contributed by atoms with Crippen LogP contribution in [-0.2, 0) is 19.8 Å². The molecular formula is C17H13F3N4O3S. The van der Waals surface area contributed by atoms with Crippen molar-refractivity contribution < 1.29 is 27.9 Å². The number of hydrogen-bond donors (Lipinski definition) is 2. The summed E-state index contributed by atoms with van der Waals surface area (Å²) < 4.78 is 40.4. The second-order valence-corrected chi connectivity index (χ2v) is 6.69. The van der Waals surface area contributed by atoms with Crippen LogP contribution >= 0.6 is 11.3 Å². The minimum Gasteiger partial charge on any atom is -0.477 e. The van der Waals surface area contributed by atoms with E-state index in [-0.39, 0.29) is 39.7 Å². The number of benzene rings is 1. The SMILES string of the molecule is Cn1ncc(CNC(=O)c2sc(C(F)(F)F)nc2-c2ccccc2)c1C(=O)O. The molecule has 0 atom stereocenters. The Morgan fingerprint density at radius 1 is 1.25 bits per heavy atom. The van der Waals surface area contributed by atoms with Crippen molar-refractivity contribution in [2.45, 2.75) is 12.7 Å². The fourth-order valence-corrected chi connectivity index (χ4v) is 3.40. The van der Waals surface area contributed by atoms with E-state index in [1.54, 1.807) is 30.3 Å².